The third-order valence-corrected chi connectivity index (χ3v) is 5.18. The third-order valence-electron chi connectivity index (χ3n) is 5.18. The smallest absolute Gasteiger partial charge is 0.387 e. The molecule has 1 aliphatic rings. The zero-order chi connectivity index (χ0) is 20.4. The quantitative estimate of drug-likeness (QED) is 0.493. The molecule has 0 radical (unpaired) electrons. The molecule has 2 rings (SSSR count). The predicted octanol–water partition coefficient (Wildman–Crippen LogP) is 3.77. The summed E-state index contributed by atoms with van der Waals surface area (Å²) in [5.74, 6) is 1.64. The van der Waals surface area contributed by atoms with Gasteiger partial charge in [-0.1, -0.05) is 24.6 Å². The van der Waals surface area contributed by atoms with E-state index in [4.69, 9.17) is 0 Å². The molecule has 0 aromatic heterocycles. The van der Waals surface area contributed by atoms with Crippen molar-refractivity contribution >= 4 is 5.96 Å². The Kier molecular flexibility index (Phi) is 9.47. The van der Waals surface area contributed by atoms with Gasteiger partial charge in [0.2, 0.25) is 0 Å². The Hall–Kier alpha value is -1.89. The van der Waals surface area contributed by atoms with Crippen LogP contribution in [0.1, 0.15) is 44.2 Å². The number of hydrogen-bond acceptors (Lipinski definition) is 3. The van der Waals surface area contributed by atoms with Crippen LogP contribution in [-0.4, -0.2) is 50.2 Å². The van der Waals surface area contributed by atoms with E-state index in [1.165, 1.54) is 25.9 Å². The second kappa shape index (κ2) is 11.8. The van der Waals surface area contributed by atoms with Crippen LogP contribution in [0, 0.1) is 12.8 Å². The van der Waals surface area contributed by atoms with Gasteiger partial charge in [0.05, 0.1) is 6.54 Å². The lowest BCUT2D eigenvalue weighted by atomic mass is 9.93. The van der Waals surface area contributed by atoms with E-state index >= 15 is 0 Å². The highest BCUT2D eigenvalue weighted by atomic mass is 19.3. The first-order valence-electron chi connectivity index (χ1n) is 10.3. The van der Waals surface area contributed by atoms with Crippen LogP contribution in [0.2, 0.25) is 0 Å². The number of piperidine rings is 1. The van der Waals surface area contributed by atoms with Gasteiger partial charge in [-0.25, -0.2) is 4.99 Å². The number of ether oxygens (including phenoxy) is 1. The Bertz CT molecular complexity index is 616. The molecule has 1 saturated heterocycles. The van der Waals surface area contributed by atoms with E-state index in [1.54, 1.807) is 12.1 Å². The Morgan fingerprint density at radius 3 is 2.64 bits per heavy atom. The molecular weight excluding hydrogens is 362 g/mol. The van der Waals surface area contributed by atoms with Gasteiger partial charge in [-0.2, -0.15) is 8.78 Å². The summed E-state index contributed by atoms with van der Waals surface area (Å²) < 4.78 is 29.9. The first-order chi connectivity index (χ1) is 13.5. The lowest BCUT2D eigenvalue weighted by molar-refractivity contribution is -0.0504. The molecule has 1 fully saturated rings. The van der Waals surface area contributed by atoms with Crippen molar-refractivity contribution in [2.45, 2.75) is 53.2 Å². The maximum atomic E-state index is 12.6. The van der Waals surface area contributed by atoms with Crippen molar-refractivity contribution in [2.24, 2.45) is 10.9 Å². The first kappa shape index (κ1) is 22.4. The fraction of sp³-hybridized carbons (Fsp3) is 0.667. The number of aliphatic imine (C=N–C) groups is 1. The number of aryl methyl sites for hydroxylation is 1. The highest BCUT2D eigenvalue weighted by Gasteiger charge is 2.17. The van der Waals surface area contributed by atoms with E-state index in [2.05, 4.69) is 32.2 Å². The summed E-state index contributed by atoms with van der Waals surface area (Å²) in [6.45, 7) is 8.72. The molecular formula is C21H34F2N4O. The summed E-state index contributed by atoms with van der Waals surface area (Å²) in [5, 5.41) is 6.60. The van der Waals surface area contributed by atoms with Crippen LogP contribution >= 0.6 is 0 Å². The standard InChI is InChI=1S/C21H34F2N4O/c1-4-24-21(25-11-8-17-9-12-27(5-2)13-10-17)26-15-18-14-16(3)6-7-19(18)28-20(22)23/h6-7,14,17,20H,4-5,8-13,15H2,1-3H3,(H2,24,25,26). The molecule has 0 atom stereocenters. The summed E-state index contributed by atoms with van der Waals surface area (Å²) in [6, 6.07) is 5.18. The van der Waals surface area contributed by atoms with E-state index in [0.717, 1.165) is 37.5 Å². The minimum absolute atomic E-state index is 0.183. The van der Waals surface area contributed by atoms with Gasteiger partial charge in [-0.3, -0.25) is 0 Å². The molecule has 5 nitrogen and oxygen atoms in total. The fourth-order valence-electron chi connectivity index (χ4n) is 3.53. The SMILES string of the molecule is CCNC(=NCc1cc(C)ccc1OC(F)F)NCCC1CCN(CC)CC1. The number of halogens is 2. The second-order valence-electron chi connectivity index (χ2n) is 7.28. The van der Waals surface area contributed by atoms with Crippen molar-refractivity contribution in [3.8, 4) is 5.75 Å². The molecule has 158 valence electrons. The number of rotatable bonds is 9. The van der Waals surface area contributed by atoms with Gasteiger partial charge in [-0.15, -0.1) is 0 Å². The number of nitrogens with zero attached hydrogens (tertiary/aromatic N) is 2. The van der Waals surface area contributed by atoms with Crippen LogP contribution in [0.15, 0.2) is 23.2 Å². The minimum Gasteiger partial charge on any atom is -0.434 e. The molecule has 1 heterocycles. The summed E-state index contributed by atoms with van der Waals surface area (Å²) in [7, 11) is 0. The number of hydrogen-bond donors (Lipinski definition) is 2. The highest BCUT2D eigenvalue weighted by molar-refractivity contribution is 5.79. The van der Waals surface area contributed by atoms with Crippen molar-refractivity contribution in [3.63, 3.8) is 0 Å². The van der Waals surface area contributed by atoms with Gasteiger partial charge in [0, 0.05) is 18.7 Å². The molecule has 0 unspecified atom stereocenters. The van der Waals surface area contributed by atoms with E-state index in [-0.39, 0.29) is 12.3 Å². The van der Waals surface area contributed by atoms with Gasteiger partial charge in [0.1, 0.15) is 5.75 Å². The molecule has 0 aliphatic carbocycles. The van der Waals surface area contributed by atoms with Crippen LogP contribution in [0.3, 0.4) is 0 Å². The Labute approximate surface area is 167 Å². The molecule has 0 bridgehead atoms. The molecule has 7 heteroatoms. The van der Waals surface area contributed by atoms with Gasteiger partial charge in [0.15, 0.2) is 5.96 Å². The fourth-order valence-corrected chi connectivity index (χ4v) is 3.53. The van der Waals surface area contributed by atoms with Gasteiger partial charge >= 0.3 is 6.61 Å². The van der Waals surface area contributed by atoms with Crippen LogP contribution in [0.5, 0.6) is 5.75 Å². The van der Waals surface area contributed by atoms with E-state index in [1.807, 2.05) is 19.9 Å². The molecule has 0 amide bonds. The van der Waals surface area contributed by atoms with Crippen molar-refractivity contribution < 1.29 is 13.5 Å². The van der Waals surface area contributed by atoms with Gasteiger partial charge < -0.3 is 20.3 Å². The zero-order valence-electron chi connectivity index (χ0n) is 17.3. The van der Waals surface area contributed by atoms with E-state index in [0.29, 0.717) is 11.5 Å². The average Bonchev–Trinajstić information content (AvgIpc) is 2.68. The second-order valence-corrected chi connectivity index (χ2v) is 7.28. The largest absolute Gasteiger partial charge is 0.434 e. The van der Waals surface area contributed by atoms with Gasteiger partial charge in [0.25, 0.3) is 0 Å². The van der Waals surface area contributed by atoms with Crippen molar-refractivity contribution in [2.75, 3.05) is 32.7 Å². The Morgan fingerprint density at radius 2 is 2.00 bits per heavy atom. The van der Waals surface area contributed by atoms with Crippen molar-refractivity contribution in [1.29, 1.82) is 0 Å². The number of likely N-dealkylation sites (tertiary alicyclic amines) is 1. The molecule has 1 aromatic carbocycles. The Morgan fingerprint density at radius 1 is 1.25 bits per heavy atom. The molecule has 2 N–H and O–H groups in total. The normalized spacial score (nSPS) is 16.4. The van der Waals surface area contributed by atoms with Crippen molar-refractivity contribution in [1.82, 2.24) is 15.5 Å². The molecule has 0 saturated carbocycles. The molecule has 0 spiro atoms. The van der Waals surface area contributed by atoms with E-state index in [9.17, 15) is 8.78 Å². The van der Waals surface area contributed by atoms with E-state index < -0.39 is 6.61 Å². The topological polar surface area (TPSA) is 48.9 Å². The van der Waals surface area contributed by atoms with Crippen LogP contribution in [0.4, 0.5) is 8.78 Å². The average molecular weight is 397 g/mol. The number of guanidine groups is 1. The highest BCUT2D eigenvalue weighted by Crippen LogP contribution is 2.23. The van der Waals surface area contributed by atoms with Crippen LogP contribution in [0.25, 0.3) is 0 Å². The Balaban J connectivity index is 1.89. The molecule has 28 heavy (non-hydrogen) atoms. The monoisotopic (exact) mass is 396 g/mol. The summed E-state index contributed by atoms with van der Waals surface area (Å²) in [6.07, 6.45) is 3.62. The summed E-state index contributed by atoms with van der Waals surface area (Å²) in [4.78, 5) is 7.06. The molecule has 1 aliphatic heterocycles. The van der Waals surface area contributed by atoms with Crippen LogP contribution in [-0.2, 0) is 6.54 Å². The van der Waals surface area contributed by atoms with Crippen molar-refractivity contribution in [3.05, 3.63) is 29.3 Å². The third kappa shape index (κ3) is 7.62. The molecule has 1 aromatic rings. The summed E-state index contributed by atoms with van der Waals surface area (Å²) >= 11 is 0. The lowest BCUT2D eigenvalue weighted by Gasteiger charge is -2.31. The van der Waals surface area contributed by atoms with Gasteiger partial charge in [-0.05, 0) is 64.7 Å². The minimum atomic E-state index is -2.84. The number of nitrogens with one attached hydrogen (secondary N) is 2. The maximum Gasteiger partial charge on any atom is 0.387 e. The zero-order valence-corrected chi connectivity index (χ0v) is 17.3. The number of benzene rings is 1. The number of alkyl halides is 2. The lowest BCUT2D eigenvalue weighted by Crippen LogP contribution is -2.39. The summed E-state index contributed by atoms with van der Waals surface area (Å²) in [5.41, 5.74) is 1.65. The first-order valence-corrected chi connectivity index (χ1v) is 10.3. The predicted molar refractivity (Wildman–Crippen MR) is 110 cm³/mol. The maximum absolute atomic E-state index is 12.6. The van der Waals surface area contributed by atoms with Crippen LogP contribution < -0.4 is 15.4 Å².